The summed E-state index contributed by atoms with van der Waals surface area (Å²) in [5.74, 6) is -1.44. The molecule has 1 aliphatic heterocycles. The summed E-state index contributed by atoms with van der Waals surface area (Å²) >= 11 is 0. The molecule has 3 rings (SSSR count). The number of likely N-dealkylation sites (tertiary alicyclic amines) is 1. The maximum absolute atomic E-state index is 12.9. The van der Waals surface area contributed by atoms with Gasteiger partial charge in [0.2, 0.25) is 11.8 Å². The number of nitrogens with one attached hydrogen (secondary N) is 1. The average Bonchev–Trinajstić information content (AvgIpc) is 2.79. The molecule has 1 saturated heterocycles. The SMILES string of the molecule is CC(=O)NC1C(=O)N(C2CCC(C(F)(F)F)CC2)C2CCCCC12. The van der Waals surface area contributed by atoms with E-state index < -0.39 is 18.1 Å². The number of carbonyl (C=O) groups excluding carboxylic acids is 2. The molecule has 2 aliphatic carbocycles. The Bertz CT molecular complexity index is 501. The molecule has 4 nitrogen and oxygen atoms in total. The Balaban J connectivity index is 1.73. The van der Waals surface area contributed by atoms with Crippen LogP contribution in [0.2, 0.25) is 0 Å². The van der Waals surface area contributed by atoms with Gasteiger partial charge in [-0.25, -0.2) is 0 Å². The predicted molar refractivity (Wildman–Crippen MR) is 82.0 cm³/mol. The molecule has 24 heavy (non-hydrogen) atoms. The van der Waals surface area contributed by atoms with Crippen LogP contribution in [0.5, 0.6) is 0 Å². The molecule has 2 amide bonds. The molecule has 0 radical (unpaired) electrons. The van der Waals surface area contributed by atoms with E-state index in [-0.39, 0.29) is 42.7 Å². The fourth-order valence-electron chi connectivity index (χ4n) is 4.90. The fourth-order valence-corrected chi connectivity index (χ4v) is 4.90. The number of hydrogen-bond acceptors (Lipinski definition) is 2. The summed E-state index contributed by atoms with van der Waals surface area (Å²) < 4.78 is 38.6. The van der Waals surface area contributed by atoms with Crippen molar-refractivity contribution in [3.63, 3.8) is 0 Å². The molecule has 0 aromatic heterocycles. The zero-order chi connectivity index (χ0) is 17.5. The predicted octanol–water partition coefficient (Wildman–Crippen LogP) is 3.01. The van der Waals surface area contributed by atoms with E-state index in [4.69, 9.17) is 0 Å². The smallest absolute Gasteiger partial charge is 0.344 e. The van der Waals surface area contributed by atoms with E-state index in [1.807, 2.05) is 4.90 Å². The lowest BCUT2D eigenvalue weighted by Crippen LogP contribution is -2.47. The summed E-state index contributed by atoms with van der Waals surface area (Å²) in [6.07, 6.45) is 0.750. The number of amides is 2. The number of halogens is 3. The van der Waals surface area contributed by atoms with Gasteiger partial charge in [-0.15, -0.1) is 0 Å². The molecule has 0 aromatic rings. The Kier molecular flexibility index (Phi) is 4.80. The van der Waals surface area contributed by atoms with Crippen LogP contribution in [0.1, 0.15) is 58.3 Å². The Morgan fingerprint density at radius 1 is 1.08 bits per heavy atom. The van der Waals surface area contributed by atoms with E-state index in [0.29, 0.717) is 12.8 Å². The lowest BCUT2D eigenvalue weighted by atomic mass is 9.81. The standard InChI is InChI=1S/C17H25F3N2O2/c1-10(23)21-15-13-4-2-3-5-14(13)22(16(15)24)12-8-6-11(7-9-12)17(18,19)20/h11-15H,2-9H2,1H3,(H,21,23). The van der Waals surface area contributed by atoms with Crippen LogP contribution in [0.25, 0.3) is 0 Å². The Hall–Kier alpha value is -1.27. The maximum atomic E-state index is 12.9. The van der Waals surface area contributed by atoms with E-state index in [0.717, 1.165) is 25.7 Å². The van der Waals surface area contributed by atoms with Gasteiger partial charge in [-0.2, -0.15) is 13.2 Å². The van der Waals surface area contributed by atoms with Crippen LogP contribution in [-0.4, -0.2) is 41.0 Å². The lowest BCUT2D eigenvalue weighted by Gasteiger charge is -2.40. The summed E-state index contributed by atoms with van der Waals surface area (Å²) in [6.45, 7) is 1.41. The van der Waals surface area contributed by atoms with E-state index in [1.165, 1.54) is 6.92 Å². The molecule has 3 atom stereocenters. The third kappa shape index (κ3) is 3.26. The minimum atomic E-state index is -4.13. The maximum Gasteiger partial charge on any atom is 0.391 e. The first-order chi connectivity index (χ1) is 11.3. The van der Waals surface area contributed by atoms with E-state index in [2.05, 4.69) is 5.32 Å². The van der Waals surface area contributed by atoms with Crippen LogP contribution in [0.15, 0.2) is 0 Å². The third-order valence-electron chi connectivity index (χ3n) is 6.00. The fraction of sp³-hybridized carbons (Fsp3) is 0.882. The molecule has 0 bridgehead atoms. The molecule has 136 valence electrons. The number of hydrogen-bond donors (Lipinski definition) is 1. The highest BCUT2D eigenvalue weighted by Crippen LogP contribution is 2.44. The van der Waals surface area contributed by atoms with Gasteiger partial charge in [-0.05, 0) is 38.5 Å². The zero-order valence-corrected chi connectivity index (χ0v) is 13.9. The summed E-state index contributed by atoms with van der Waals surface area (Å²) in [6, 6.07) is -0.524. The van der Waals surface area contributed by atoms with Gasteiger partial charge in [-0.3, -0.25) is 9.59 Å². The summed E-state index contributed by atoms with van der Waals surface area (Å²) in [5, 5.41) is 2.78. The second-order valence-corrected chi connectivity index (χ2v) is 7.49. The van der Waals surface area contributed by atoms with Gasteiger partial charge in [0.15, 0.2) is 0 Å². The number of carbonyl (C=O) groups is 2. The van der Waals surface area contributed by atoms with Gasteiger partial charge in [-0.1, -0.05) is 12.8 Å². The average molecular weight is 346 g/mol. The van der Waals surface area contributed by atoms with Crippen molar-refractivity contribution < 1.29 is 22.8 Å². The van der Waals surface area contributed by atoms with Crippen molar-refractivity contribution in [3.05, 3.63) is 0 Å². The molecule has 0 spiro atoms. The molecule has 7 heteroatoms. The summed E-state index contributed by atoms with van der Waals surface area (Å²) in [7, 11) is 0. The first-order valence-electron chi connectivity index (χ1n) is 8.95. The van der Waals surface area contributed by atoms with Crippen molar-refractivity contribution >= 4 is 11.8 Å². The molecular formula is C17H25F3N2O2. The molecule has 1 heterocycles. The Labute approximate surface area is 140 Å². The van der Waals surface area contributed by atoms with Crippen molar-refractivity contribution in [2.24, 2.45) is 11.8 Å². The van der Waals surface area contributed by atoms with Gasteiger partial charge in [0.05, 0.1) is 5.92 Å². The molecule has 1 N–H and O–H groups in total. The topological polar surface area (TPSA) is 49.4 Å². The Morgan fingerprint density at radius 3 is 2.29 bits per heavy atom. The van der Waals surface area contributed by atoms with Crippen molar-refractivity contribution in [3.8, 4) is 0 Å². The molecule has 3 fully saturated rings. The minimum Gasteiger partial charge on any atom is -0.344 e. The van der Waals surface area contributed by atoms with E-state index in [1.54, 1.807) is 0 Å². The van der Waals surface area contributed by atoms with Gasteiger partial charge in [0.1, 0.15) is 6.04 Å². The molecule has 2 saturated carbocycles. The van der Waals surface area contributed by atoms with Crippen LogP contribution < -0.4 is 5.32 Å². The van der Waals surface area contributed by atoms with E-state index >= 15 is 0 Å². The van der Waals surface area contributed by atoms with Crippen molar-refractivity contribution in [2.45, 2.75) is 82.6 Å². The highest BCUT2D eigenvalue weighted by molar-refractivity contribution is 5.89. The van der Waals surface area contributed by atoms with Crippen LogP contribution in [0, 0.1) is 11.8 Å². The first kappa shape index (κ1) is 17.5. The number of rotatable bonds is 2. The highest BCUT2D eigenvalue weighted by atomic mass is 19.4. The molecule has 3 aliphatic rings. The van der Waals surface area contributed by atoms with Crippen molar-refractivity contribution in [1.29, 1.82) is 0 Å². The van der Waals surface area contributed by atoms with Crippen LogP contribution >= 0.6 is 0 Å². The Morgan fingerprint density at radius 2 is 1.71 bits per heavy atom. The van der Waals surface area contributed by atoms with Gasteiger partial charge in [0.25, 0.3) is 0 Å². The summed E-state index contributed by atoms with van der Waals surface area (Å²) in [4.78, 5) is 26.2. The molecular weight excluding hydrogens is 321 g/mol. The largest absolute Gasteiger partial charge is 0.391 e. The quantitative estimate of drug-likeness (QED) is 0.836. The highest BCUT2D eigenvalue weighted by Gasteiger charge is 2.52. The number of nitrogens with zero attached hydrogens (tertiary/aromatic N) is 1. The zero-order valence-electron chi connectivity index (χ0n) is 13.9. The van der Waals surface area contributed by atoms with Crippen LogP contribution in [0.4, 0.5) is 13.2 Å². The first-order valence-corrected chi connectivity index (χ1v) is 8.95. The minimum absolute atomic E-state index is 0.0792. The molecule has 0 aromatic carbocycles. The third-order valence-corrected chi connectivity index (χ3v) is 6.00. The van der Waals surface area contributed by atoms with Crippen LogP contribution in [0.3, 0.4) is 0 Å². The lowest BCUT2D eigenvalue weighted by molar-refractivity contribution is -0.185. The van der Waals surface area contributed by atoms with Gasteiger partial charge < -0.3 is 10.2 Å². The van der Waals surface area contributed by atoms with E-state index in [9.17, 15) is 22.8 Å². The van der Waals surface area contributed by atoms with Crippen molar-refractivity contribution in [1.82, 2.24) is 10.2 Å². The second-order valence-electron chi connectivity index (χ2n) is 7.49. The van der Waals surface area contributed by atoms with Gasteiger partial charge in [0, 0.05) is 24.9 Å². The molecule has 3 unspecified atom stereocenters. The monoisotopic (exact) mass is 346 g/mol. The van der Waals surface area contributed by atoms with Crippen molar-refractivity contribution in [2.75, 3.05) is 0 Å². The number of alkyl halides is 3. The van der Waals surface area contributed by atoms with Gasteiger partial charge >= 0.3 is 6.18 Å². The second kappa shape index (κ2) is 6.56. The summed E-state index contributed by atoms with van der Waals surface area (Å²) in [5.41, 5.74) is 0. The van der Waals surface area contributed by atoms with Crippen LogP contribution in [-0.2, 0) is 9.59 Å². The number of fused-ring (bicyclic) bond motifs is 1. The normalized spacial score (nSPS) is 37.2.